The van der Waals surface area contributed by atoms with Crippen molar-refractivity contribution in [2.24, 2.45) is 0 Å². The van der Waals surface area contributed by atoms with Crippen LogP contribution in [0.3, 0.4) is 0 Å². The number of nitrogen functional groups attached to an aromatic ring is 1. The molecule has 23 heavy (non-hydrogen) atoms. The Bertz CT molecular complexity index is 752. The molecule has 0 aromatic carbocycles. The molecule has 2 aromatic rings. The fraction of sp³-hybridized carbons (Fsp3) is 0.500. The Kier molecular flexibility index (Phi) is 4.06. The first kappa shape index (κ1) is 15.9. The minimum Gasteiger partial charge on any atom is -0.387 e. The number of imidazole rings is 1. The highest BCUT2D eigenvalue weighted by Gasteiger charge is 2.47. The van der Waals surface area contributed by atoms with Gasteiger partial charge in [0.2, 0.25) is 5.28 Å². The summed E-state index contributed by atoms with van der Waals surface area (Å²) in [5.74, 6) is -0.440. The molecule has 1 amide bonds. The van der Waals surface area contributed by atoms with Gasteiger partial charge in [-0.1, -0.05) is 0 Å². The van der Waals surface area contributed by atoms with Crippen molar-refractivity contribution in [3.8, 4) is 0 Å². The molecule has 4 atom stereocenters. The van der Waals surface area contributed by atoms with Crippen LogP contribution in [0, 0.1) is 0 Å². The minimum atomic E-state index is -1.39. The lowest BCUT2D eigenvalue weighted by Gasteiger charge is -2.16. The molecule has 10 nitrogen and oxygen atoms in total. The summed E-state index contributed by atoms with van der Waals surface area (Å²) in [6.45, 7) is 2.11. The highest BCUT2D eigenvalue weighted by atomic mass is 35.5. The van der Waals surface area contributed by atoms with Crippen LogP contribution < -0.4 is 11.1 Å². The van der Waals surface area contributed by atoms with Crippen LogP contribution >= 0.6 is 11.6 Å². The number of nitrogens with one attached hydrogen (secondary N) is 1. The van der Waals surface area contributed by atoms with E-state index in [1.165, 1.54) is 10.9 Å². The standard InChI is InChI=1S/C12H15ClN6O4/c1-2-15-10(22)7-5(20)6(21)11(23-7)19-3-16-4-8(14)17-12(13)18-9(4)19/h3,5-7,11,20-21H,2H2,1H3,(H,15,22)(H2,14,17,18). The van der Waals surface area contributed by atoms with Crippen LogP contribution in [-0.4, -0.2) is 60.5 Å². The van der Waals surface area contributed by atoms with Crippen LogP contribution in [0.4, 0.5) is 5.82 Å². The highest BCUT2D eigenvalue weighted by Crippen LogP contribution is 2.32. The SMILES string of the molecule is CCNC(=O)C1OC(n2cnc3c(N)nc(Cl)nc32)C(O)C1O. The summed E-state index contributed by atoms with van der Waals surface area (Å²) < 4.78 is 6.85. The van der Waals surface area contributed by atoms with Crippen LogP contribution in [0.1, 0.15) is 13.2 Å². The first-order chi connectivity index (χ1) is 10.9. The van der Waals surface area contributed by atoms with Gasteiger partial charge in [-0.2, -0.15) is 9.97 Å². The van der Waals surface area contributed by atoms with Crippen molar-refractivity contribution < 1.29 is 19.7 Å². The molecule has 3 rings (SSSR count). The molecule has 11 heteroatoms. The summed E-state index contributed by atoms with van der Waals surface area (Å²) in [4.78, 5) is 23.7. The molecular weight excluding hydrogens is 328 g/mol. The molecule has 0 spiro atoms. The second kappa shape index (κ2) is 5.89. The summed E-state index contributed by atoms with van der Waals surface area (Å²) in [5.41, 5.74) is 6.23. The molecule has 0 bridgehead atoms. The fourth-order valence-electron chi connectivity index (χ4n) is 2.48. The van der Waals surface area contributed by atoms with Crippen molar-refractivity contribution in [1.82, 2.24) is 24.8 Å². The molecule has 5 N–H and O–H groups in total. The molecular formula is C12H15ClN6O4. The van der Waals surface area contributed by atoms with Gasteiger partial charge in [0.05, 0.1) is 6.33 Å². The summed E-state index contributed by atoms with van der Waals surface area (Å²) >= 11 is 5.78. The zero-order valence-corrected chi connectivity index (χ0v) is 12.8. The Morgan fingerprint density at radius 3 is 2.91 bits per heavy atom. The van der Waals surface area contributed by atoms with E-state index in [0.29, 0.717) is 6.54 Å². The van der Waals surface area contributed by atoms with Gasteiger partial charge in [0.25, 0.3) is 5.91 Å². The van der Waals surface area contributed by atoms with Crippen molar-refractivity contribution in [3.05, 3.63) is 11.6 Å². The second-order valence-electron chi connectivity index (χ2n) is 5.02. The fourth-order valence-corrected chi connectivity index (χ4v) is 2.65. The number of aromatic nitrogens is 4. The van der Waals surface area contributed by atoms with E-state index in [-0.39, 0.29) is 22.3 Å². The van der Waals surface area contributed by atoms with Gasteiger partial charge in [0.1, 0.15) is 17.7 Å². The number of hydrogen-bond donors (Lipinski definition) is 4. The maximum Gasteiger partial charge on any atom is 0.252 e. The van der Waals surface area contributed by atoms with Crippen molar-refractivity contribution >= 4 is 34.5 Å². The molecule has 1 saturated heterocycles. The van der Waals surface area contributed by atoms with Gasteiger partial charge < -0.3 is 26.0 Å². The van der Waals surface area contributed by atoms with E-state index in [1.54, 1.807) is 6.92 Å². The minimum absolute atomic E-state index is 0.0760. The topological polar surface area (TPSA) is 148 Å². The highest BCUT2D eigenvalue weighted by molar-refractivity contribution is 6.28. The van der Waals surface area contributed by atoms with Crippen LogP contribution in [0.5, 0.6) is 0 Å². The van der Waals surface area contributed by atoms with Crippen LogP contribution in [0.25, 0.3) is 11.2 Å². The Morgan fingerprint density at radius 1 is 1.48 bits per heavy atom. The maximum atomic E-state index is 11.9. The molecule has 124 valence electrons. The molecule has 0 aliphatic carbocycles. The normalized spacial score (nSPS) is 27.5. The third-order valence-electron chi connectivity index (χ3n) is 3.54. The van der Waals surface area contributed by atoms with E-state index in [0.717, 1.165) is 0 Å². The summed E-state index contributed by atoms with van der Waals surface area (Å²) in [6, 6.07) is 0. The largest absolute Gasteiger partial charge is 0.387 e. The van der Waals surface area contributed by atoms with E-state index in [9.17, 15) is 15.0 Å². The Labute approximate surface area is 135 Å². The number of nitrogens with two attached hydrogens (primary N) is 1. The van der Waals surface area contributed by atoms with Crippen molar-refractivity contribution in [3.63, 3.8) is 0 Å². The Balaban J connectivity index is 1.98. The third kappa shape index (κ3) is 2.59. The first-order valence-electron chi connectivity index (χ1n) is 6.89. The second-order valence-corrected chi connectivity index (χ2v) is 5.36. The molecule has 1 aliphatic rings. The average molecular weight is 343 g/mol. The zero-order chi connectivity index (χ0) is 16.7. The number of aliphatic hydroxyl groups excluding tert-OH is 2. The Morgan fingerprint density at radius 2 is 2.22 bits per heavy atom. The number of nitrogens with zero attached hydrogens (tertiary/aromatic N) is 4. The molecule has 1 aliphatic heterocycles. The summed E-state index contributed by atoms with van der Waals surface area (Å²) in [6.07, 6.45) is -3.68. The maximum absolute atomic E-state index is 11.9. The number of anilines is 1. The van der Waals surface area contributed by atoms with Gasteiger partial charge in [0, 0.05) is 6.54 Å². The lowest BCUT2D eigenvalue weighted by atomic mass is 10.1. The van der Waals surface area contributed by atoms with Gasteiger partial charge in [-0.05, 0) is 18.5 Å². The number of carbonyl (C=O) groups is 1. The first-order valence-corrected chi connectivity index (χ1v) is 7.26. The number of halogens is 1. The van der Waals surface area contributed by atoms with E-state index >= 15 is 0 Å². The number of likely N-dealkylation sites (N-methyl/N-ethyl adjacent to an activating group) is 1. The van der Waals surface area contributed by atoms with Gasteiger partial charge >= 0.3 is 0 Å². The predicted molar refractivity (Wildman–Crippen MR) is 79.4 cm³/mol. The van der Waals surface area contributed by atoms with Gasteiger partial charge in [-0.3, -0.25) is 9.36 Å². The number of aliphatic hydroxyl groups is 2. The van der Waals surface area contributed by atoms with Crippen molar-refractivity contribution in [2.45, 2.75) is 31.5 Å². The summed E-state index contributed by atoms with van der Waals surface area (Å²) in [7, 11) is 0. The van der Waals surface area contributed by atoms with Crippen molar-refractivity contribution in [2.75, 3.05) is 12.3 Å². The number of ether oxygens (including phenoxy) is 1. The number of amides is 1. The predicted octanol–water partition coefficient (Wildman–Crippen LogP) is -1.18. The van der Waals surface area contributed by atoms with Crippen LogP contribution in [0.2, 0.25) is 5.28 Å². The molecule has 2 aromatic heterocycles. The number of rotatable bonds is 3. The lowest BCUT2D eigenvalue weighted by Crippen LogP contribution is -2.42. The summed E-state index contributed by atoms with van der Waals surface area (Å²) in [5, 5.41) is 22.7. The van der Waals surface area contributed by atoms with Crippen molar-refractivity contribution in [1.29, 1.82) is 0 Å². The molecule has 0 radical (unpaired) electrons. The number of carbonyl (C=O) groups excluding carboxylic acids is 1. The monoisotopic (exact) mass is 342 g/mol. The zero-order valence-electron chi connectivity index (χ0n) is 12.0. The molecule has 1 fully saturated rings. The van der Waals surface area contributed by atoms with Gasteiger partial charge in [-0.15, -0.1) is 0 Å². The molecule has 0 saturated carbocycles. The molecule has 4 unspecified atom stereocenters. The third-order valence-corrected chi connectivity index (χ3v) is 3.71. The van der Waals surface area contributed by atoms with Gasteiger partial charge in [-0.25, -0.2) is 4.98 Å². The van der Waals surface area contributed by atoms with Crippen LogP contribution in [-0.2, 0) is 9.53 Å². The van der Waals surface area contributed by atoms with Gasteiger partial charge in [0.15, 0.2) is 23.8 Å². The van der Waals surface area contributed by atoms with E-state index in [4.69, 9.17) is 22.1 Å². The number of fused-ring (bicyclic) bond motifs is 1. The number of hydrogen-bond acceptors (Lipinski definition) is 8. The average Bonchev–Trinajstić information content (AvgIpc) is 3.02. The smallest absolute Gasteiger partial charge is 0.252 e. The van der Waals surface area contributed by atoms with E-state index < -0.39 is 30.4 Å². The van der Waals surface area contributed by atoms with E-state index in [1.807, 2.05) is 0 Å². The molecule has 3 heterocycles. The van der Waals surface area contributed by atoms with Crippen LogP contribution in [0.15, 0.2) is 6.33 Å². The Hall–Kier alpha value is -2.01. The quantitative estimate of drug-likeness (QED) is 0.509. The van der Waals surface area contributed by atoms with E-state index in [2.05, 4.69) is 20.3 Å². The lowest BCUT2D eigenvalue weighted by molar-refractivity contribution is -0.137.